The van der Waals surface area contributed by atoms with Gasteiger partial charge in [0.25, 0.3) is 0 Å². The lowest BCUT2D eigenvalue weighted by Gasteiger charge is -2.40. The van der Waals surface area contributed by atoms with Crippen LogP contribution in [-0.2, 0) is 25.9 Å². The molecular weight excluding hydrogens is 418 g/mol. The summed E-state index contributed by atoms with van der Waals surface area (Å²) < 4.78 is 5.82. The van der Waals surface area contributed by atoms with E-state index in [1.165, 1.54) is 27.9 Å². The minimum atomic E-state index is 0.506. The summed E-state index contributed by atoms with van der Waals surface area (Å²) in [6.45, 7) is 6.39. The monoisotopic (exact) mass is 455 g/mol. The summed E-state index contributed by atoms with van der Waals surface area (Å²) in [6.07, 6.45) is 3.31. The molecule has 0 radical (unpaired) electrons. The number of benzene rings is 3. The number of fused-ring (bicyclic) bond motifs is 1. The van der Waals surface area contributed by atoms with Crippen molar-refractivity contribution in [3.63, 3.8) is 0 Å². The summed E-state index contributed by atoms with van der Waals surface area (Å²) in [5.41, 5.74) is 7.12. The Bertz CT molecular complexity index is 1020. The molecule has 3 aromatic rings. The molecule has 4 heteroatoms. The molecule has 5 rings (SSSR count). The van der Waals surface area contributed by atoms with Crippen LogP contribution >= 0.6 is 0 Å². The maximum absolute atomic E-state index is 5.82. The van der Waals surface area contributed by atoms with E-state index in [9.17, 15) is 0 Å². The Morgan fingerprint density at radius 2 is 1.41 bits per heavy atom. The van der Waals surface area contributed by atoms with Crippen LogP contribution in [0, 0.1) is 0 Å². The van der Waals surface area contributed by atoms with Gasteiger partial charge in [-0.15, -0.1) is 0 Å². The first-order valence-electron chi connectivity index (χ1n) is 12.7. The van der Waals surface area contributed by atoms with Crippen LogP contribution in [0.25, 0.3) is 0 Å². The molecule has 178 valence electrons. The van der Waals surface area contributed by atoms with Crippen molar-refractivity contribution in [1.29, 1.82) is 0 Å². The average Bonchev–Trinajstić information content (AvgIpc) is 2.89. The van der Waals surface area contributed by atoms with Gasteiger partial charge in [-0.2, -0.15) is 0 Å². The van der Waals surface area contributed by atoms with Crippen LogP contribution in [-0.4, -0.2) is 56.2 Å². The summed E-state index contributed by atoms with van der Waals surface area (Å²) in [5, 5.41) is 0. The van der Waals surface area contributed by atoms with Gasteiger partial charge in [0.15, 0.2) is 0 Å². The molecule has 0 spiro atoms. The first-order chi connectivity index (χ1) is 16.7. The molecule has 34 heavy (non-hydrogen) atoms. The topological polar surface area (TPSA) is 19.0 Å². The van der Waals surface area contributed by atoms with Crippen LogP contribution in [0.5, 0.6) is 5.75 Å². The van der Waals surface area contributed by atoms with Gasteiger partial charge in [0.1, 0.15) is 5.75 Å². The molecule has 2 aliphatic rings. The van der Waals surface area contributed by atoms with E-state index in [0.29, 0.717) is 6.04 Å². The molecule has 0 aromatic heterocycles. The van der Waals surface area contributed by atoms with Crippen molar-refractivity contribution >= 4 is 5.69 Å². The van der Waals surface area contributed by atoms with E-state index in [0.717, 1.165) is 64.3 Å². The molecule has 1 fully saturated rings. The minimum Gasteiger partial charge on any atom is -0.496 e. The Morgan fingerprint density at radius 3 is 2.00 bits per heavy atom. The van der Waals surface area contributed by atoms with Gasteiger partial charge in [0.05, 0.1) is 7.11 Å². The molecule has 0 bridgehead atoms. The minimum absolute atomic E-state index is 0.506. The summed E-state index contributed by atoms with van der Waals surface area (Å²) in [7, 11) is 4.04. The number of methoxy groups -OCH3 is 1. The first kappa shape index (κ1) is 22.9. The van der Waals surface area contributed by atoms with E-state index < -0.39 is 0 Å². The lowest BCUT2D eigenvalue weighted by Crippen LogP contribution is -2.45. The maximum atomic E-state index is 5.82. The van der Waals surface area contributed by atoms with Gasteiger partial charge in [0, 0.05) is 51.0 Å². The smallest absolute Gasteiger partial charge is 0.122 e. The number of ether oxygens (including phenoxy) is 1. The van der Waals surface area contributed by atoms with E-state index in [-0.39, 0.29) is 0 Å². The molecule has 0 saturated carbocycles. The highest BCUT2D eigenvalue weighted by Crippen LogP contribution is 2.38. The lowest BCUT2D eigenvalue weighted by atomic mass is 9.85. The van der Waals surface area contributed by atoms with Crippen LogP contribution in [0.4, 0.5) is 5.69 Å². The Hall–Kier alpha value is -2.82. The number of nitrogens with zero attached hydrogens (tertiary/aromatic N) is 3. The Balaban J connectivity index is 1.45. The highest BCUT2D eigenvalue weighted by Gasteiger charge is 2.30. The second-order valence-corrected chi connectivity index (χ2v) is 9.81. The molecule has 1 heterocycles. The molecule has 1 aliphatic carbocycles. The fraction of sp³-hybridized carbons (Fsp3) is 0.400. The van der Waals surface area contributed by atoms with Crippen LogP contribution in [0.1, 0.15) is 28.7 Å². The molecular formula is C30H37N3O. The SMILES string of the molecule is COc1ccc(N2CCN(C)CC2)c2c1CC[C@@H](N(Cc1ccccc1)Cc1ccccc1)C2. The molecule has 3 aromatic carbocycles. The zero-order valence-electron chi connectivity index (χ0n) is 20.6. The van der Waals surface area contributed by atoms with Gasteiger partial charge >= 0.3 is 0 Å². The molecule has 1 atom stereocenters. The number of hydrogen-bond acceptors (Lipinski definition) is 4. The van der Waals surface area contributed by atoms with Crippen molar-refractivity contribution in [2.24, 2.45) is 0 Å². The van der Waals surface area contributed by atoms with Gasteiger partial charge in [-0.1, -0.05) is 60.7 Å². The van der Waals surface area contributed by atoms with Crippen molar-refractivity contribution in [3.05, 3.63) is 95.1 Å². The summed E-state index contributed by atoms with van der Waals surface area (Å²) >= 11 is 0. The third kappa shape index (κ3) is 5.13. The Kier molecular flexibility index (Phi) is 7.17. The van der Waals surface area contributed by atoms with E-state index in [1.54, 1.807) is 0 Å². The standard InChI is InChI=1S/C30H37N3O/c1-31-17-19-32(20-18-31)29-15-16-30(34-2)27-14-13-26(21-28(27)29)33(22-24-9-5-3-6-10-24)23-25-11-7-4-8-12-25/h3-12,15-16,26H,13-14,17-23H2,1-2H3/t26-/m1/s1. The third-order valence-electron chi connectivity index (χ3n) is 7.57. The van der Waals surface area contributed by atoms with Gasteiger partial charge in [-0.3, -0.25) is 4.90 Å². The first-order valence-corrected chi connectivity index (χ1v) is 12.7. The van der Waals surface area contributed by atoms with Crippen LogP contribution in [0.15, 0.2) is 72.8 Å². The van der Waals surface area contributed by atoms with Gasteiger partial charge in [-0.25, -0.2) is 0 Å². The fourth-order valence-corrected chi connectivity index (χ4v) is 5.61. The molecule has 1 saturated heterocycles. The normalized spacial score (nSPS) is 18.7. The molecule has 0 N–H and O–H groups in total. The Morgan fingerprint density at radius 1 is 0.794 bits per heavy atom. The van der Waals surface area contributed by atoms with E-state index in [1.807, 2.05) is 7.11 Å². The van der Waals surface area contributed by atoms with Crippen molar-refractivity contribution in [2.45, 2.75) is 38.4 Å². The quantitative estimate of drug-likeness (QED) is 0.499. The van der Waals surface area contributed by atoms with E-state index >= 15 is 0 Å². The largest absolute Gasteiger partial charge is 0.496 e. The summed E-state index contributed by atoms with van der Waals surface area (Å²) in [6, 6.07) is 26.9. The predicted molar refractivity (Wildman–Crippen MR) is 141 cm³/mol. The second kappa shape index (κ2) is 10.6. The van der Waals surface area contributed by atoms with Crippen LogP contribution in [0.3, 0.4) is 0 Å². The van der Waals surface area contributed by atoms with Crippen molar-refractivity contribution in [2.75, 3.05) is 45.2 Å². The fourth-order valence-electron chi connectivity index (χ4n) is 5.61. The maximum Gasteiger partial charge on any atom is 0.122 e. The van der Waals surface area contributed by atoms with E-state index in [4.69, 9.17) is 4.74 Å². The number of hydrogen-bond donors (Lipinski definition) is 0. The predicted octanol–water partition coefficient (Wildman–Crippen LogP) is 5.01. The van der Waals surface area contributed by atoms with Crippen LogP contribution < -0.4 is 9.64 Å². The van der Waals surface area contributed by atoms with Crippen molar-refractivity contribution in [3.8, 4) is 5.75 Å². The summed E-state index contributed by atoms with van der Waals surface area (Å²) in [5.74, 6) is 1.06. The molecule has 0 unspecified atom stereocenters. The van der Waals surface area contributed by atoms with Crippen molar-refractivity contribution < 1.29 is 4.74 Å². The number of rotatable bonds is 7. The highest BCUT2D eigenvalue weighted by molar-refractivity contribution is 5.62. The third-order valence-corrected chi connectivity index (χ3v) is 7.57. The molecule has 1 aliphatic heterocycles. The van der Waals surface area contributed by atoms with Gasteiger partial charge in [0.2, 0.25) is 0 Å². The second-order valence-electron chi connectivity index (χ2n) is 9.81. The summed E-state index contributed by atoms with van der Waals surface area (Å²) in [4.78, 5) is 7.72. The van der Waals surface area contributed by atoms with Crippen LogP contribution in [0.2, 0.25) is 0 Å². The van der Waals surface area contributed by atoms with Gasteiger partial charge in [-0.05, 0) is 60.7 Å². The molecule has 0 amide bonds. The molecule has 4 nitrogen and oxygen atoms in total. The van der Waals surface area contributed by atoms with E-state index in [2.05, 4.69) is 94.5 Å². The van der Waals surface area contributed by atoms with Gasteiger partial charge < -0.3 is 14.5 Å². The highest BCUT2D eigenvalue weighted by atomic mass is 16.5. The average molecular weight is 456 g/mol. The van der Waals surface area contributed by atoms with Crippen molar-refractivity contribution in [1.82, 2.24) is 9.80 Å². The number of likely N-dealkylation sites (N-methyl/N-ethyl adjacent to an activating group) is 1. The lowest BCUT2D eigenvalue weighted by molar-refractivity contribution is 0.161. The zero-order chi connectivity index (χ0) is 23.3. The zero-order valence-corrected chi connectivity index (χ0v) is 20.6. The number of piperazine rings is 1. The number of anilines is 1. The Labute approximate surface area is 204 Å².